The normalized spacial score (nSPS) is 12.3. The summed E-state index contributed by atoms with van der Waals surface area (Å²) in [5, 5.41) is 3.53. The highest BCUT2D eigenvalue weighted by molar-refractivity contribution is 5.25. The number of hydrogen-bond donors (Lipinski definition) is 1. The zero-order valence-electron chi connectivity index (χ0n) is 11.6. The molecule has 1 heterocycles. The maximum atomic E-state index is 5.36. The molecule has 0 fully saturated rings. The minimum absolute atomic E-state index is 0.281. The number of hydrogen-bond acceptors (Lipinski definition) is 2. The van der Waals surface area contributed by atoms with Gasteiger partial charge in [-0.3, -0.25) is 0 Å². The summed E-state index contributed by atoms with van der Waals surface area (Å²) in [4.78, 5) is 0. The van der Waals surface area contributed by atoms with E-state index in [4.69, 9.17) is 4.42 Å². The molecule has 1 aromatic carbocycles. The first-order chi connectivity index (χ1) is 9.15. The van der Waals surface area contributed by atoms with Gasteiger partial charge in [0, 0.05) is 6.04 Å². The molecule has 0 radical (unpaired) electrons. The van der Waals surface area contributed by atoms with Crippen LogP contribution in [0.5, 0.6) is 0 Å². The van der Waals surface area contributed by atoms with Gasteiger partial charge in [-0.05, 0) is 38.0 Å². The lowest BCUT2D eigenvalue weighted by Crippen LogP contribution is -2.21. The smallest absolute Gasteiger partial charge is 0.117 e. The van der Waals surface area contributed by atoms with E-state index in [0.717, 1.165) is 18.7 Å². The lowest BCUT2D eigenvalue weighted by molar-refractivity contribution is 0.447. The topological polar surface area (TPSA) is 25.2 Å². The largest absolute Gasteiger partial charge is 0.468 e. The van der Waals surface area contributed by atoms with Crippen LogP contribution in [0.2, 0.25) is 0 Å². The van der Waals surface area contributed by atoms with Crippen LogP contribution < -0.4 is 5.32 Å². The van der Waals surface area contributed by atoms with Gasteiger partial charge in [0.25, 0.3) is 0 Å². The Balaban J connectivity index is 2.06. The van der Waals surface area contributed by atoms with Crippen molar-refractivity contribution in [2.45, 2.75) is 32.9 Å². The Bertz CT molecular complexity index is 511. The van der Waals surface area contributed by atoms with Crippen molar-refractivity contribution in [3.05, 3.63) is 71.7 Å². The molecule has 0 unspecified atom stereocenters. The van der Waals surface area contributed by atoms with Crippen molar-refractivity contribution in [3.63, 3.8) is 0 Å². The van der Waals surface area contributed by atoms with E-state index in [0.29, 0.717) is 0 Å². The van der Waals surface area contributed by atoms with Crippen LogP contribution in [0.4, 0.5) is 0 Å². The van der Waals surface area contributed by atoms with Gasteiger partial charge in [0.1, 0.15) is 5.76 Å². The monoisotopic (exact) mass is 255 g/mol. The fraction of sp³-hybridized carbons (Fsp3) is 0.294. The number of benzene rings is 1. The summed E-state index contributed by atoms with van der Waals surface area (Å²) in [7, 11) is 0. The quantitative estimate of drug-likeness (QED) is 0.775. The zero-order chi connectivity index (χ0) is 13.7. The third-order valence-electron chi connectivity index (χ3n) is 3.14. The molecule has 0 spiro atoms. The van der Waals surface area contributed by atoms with E-state index >= 15 is 0 Å². The van der Waals surface area contributed by atoms with Crippen molar-refractivity contribution in [1.82, 2.24) is 5.32 Å². The molecule has 0 bridgehead atoms. The highest BCUT2D eigenvalue weighted by Gasteiger charge is 2.11. The summed E-state index contributed by atoms with van der Waals surface area (Å²) in [5.41, 5.74) is 3.75. The van der Waals surface area contributed by atoms with Gasteiger partial charge < -0.3 is 9.73 Å². The van der Waals surface area contributed by atoms with E-state index in [-0.39, 0.29) is 6.04 Å². The average molecular weight is 255 g/mol. The minimum Gasteiger partial charge on any atom is -0.468 e. The Morgan fingerprint density at radius 3 is 2.58 bits per heavy atom. The van der Waals surface area contributed by atoms with E-state index in [1.165, 1.54) is 16.7 Å². The molecule has 0 aliphatic carbocycles. The van der Waals surface area contributed by atoms with E-state index < -0.39 is 0 Å². The van der Waals surface area contributed by atoms with E-state index in [1.54, 1.807) is 6.26 Å². The summed E-state index contributed by atoms with van der Waals surface area (Å²) >= 11 is 0. The molecular weight excluding hydrogens is 234 g/mol. The molecule has 0 saturated carbocycles. The summed E-state index contributed by atoms with van der Waals surface area (Å²) < 4.78 is 5.36. The first kappa shape index (κ1) is 13.6. The van der Waals surface area contributed by atoms with Crippen LogP contribution in [-0.4, -0.2) is 0 Å². The molecule has 2 heteroatoms. The van der Waals surface area contributed by atoms with Crippen molar-refractivity contribution < 1.29 is 4.42 Å². The van der Waals surface area contributed by atoms with Gasteiger partial charge in [0.15, 0.2) is 0 Å². The lowest BCUT2D eigenvalue weighted by Gasteiger charge is -2.19. The second-order valence-corrected chi connectivity index (χ2v) is 5.08. The molecule has 0 aliphatic rings. The summed E-state index contributed by atoms with van der Waals surface area (Å²) in [6, 6.07) is 12.8. The molecule has 0 aliphatic heterocycles. The maximum absolute atomic E-state index is 5.36. The Kier molecular flexibility index (Phi) is 4.58. The molecule has 1 atom stereocenters. The predicted molar refractivity (Wildman–Crippen MR) is 78.9 cm³/mol. The van der Waals surface area contributed by atoms with Crippen LogP contribution in [0.3, 0.4) is 0 Å². The summed E-state index contributed by atoms with van der Waals surface area (Å²) in [5.74, 6) is 0.957. The number of furan rings is 1. The van der Waals surface area contributed by atoms with Gasteiger partial charge in [-0.1, -0.05) is 35.4 Å². The van der Waals surface area contributed by atoms with Crippen molar-refractivity contribution in [3.8, 4) is 0 Å². The van der Waals surface area contributed by atoms with Crippen molar-refractivity contribution >= 4 is 0 Å². The average Bonchev–Trinajstić information content (AvgIpc) is 2.88. The van der Waals surface area contributed by atoms with E-state index in [2.05, 4.69) is 50.0 Å². The number of rotatable bonds is 6. The zero-order valence-corrected chi connectivity index (χ0v) is 11.6. The van der Waals surface area contributed by atoms with Gasteiger partial charge in [-0.25, -0.2) is 0 Å². The van der Waals surface area contributed by atoms with Crippen LogP contribution in [-0.2, 0) is 6.54 Å². The van der Waals surface area contributed by atoms with Crippen LogP contribution in [0.15, 0.2) is 59.2 Å². The van der Waals surface area contributed by atoms with Crippen LogP contribution in [0, 0.1) is 6.92 Å². The van der Waals surface area contributed by atoms with Gasteiger partial charge in [0.2, 0.25) is 0 Å². The molecule has 19 heavy (non-hydrogen) atoms. The molecule has 1 N–H and O–H groups in total. The maximum Gasteiger partial charge on any atom is 0.117 e. The van der Waals surface area contributed by atoms with Crippen molar-refractivity contribution in [1.29, 1.82) is 0 Å². The second-order valence-electron chi connectivity index (χ2n) is 5.08. The summed E-state index contributed by atoms with van der Waals surface area (Å²) in [6.45, 7) is 8.92. The third kappa shape index (κ3) is 4.11. The molecule has 0 saturated heterocycles. The molecule has 100 valence electrons. The van der Waals surface area contributed by atoms with Gasteiger partial charge in [-0.2, -0.15) is 0 Å². The first-order valence-electron chi connectivity index (χ1n) is 6.62. The van der Waals surface area contributed by atoms with E-state index in [1.807, 2.05) is 12.1 Å². The predicted octanol–water partition coefficient (Wildman–Crippen LogP) is 4.39. The van der Waals surface area contributed by atoms with Gasteiger partial charge >= 0.3 is 0 Å². The van der Waals surface area contributed by atoms with Gasteiger partial charge in [0.05, 0.1) is 12.8 Å². The highest BCUT2D eigenvalue weighted by atomic mass is 16.3. The Morgan fingerprint density at radius 1 is 1.26 bits per heavy atom. The SMILES string of the molecule is C=C(C)C[C@H](NCc1ccco1)c1ccc(C)cc1. The van der Waals surface area contributed by atoms with Gasteiger partial charge in [-0.15, -0.1) is 6.58 Å². The van der Waals surface area contributed by atoms with Crippen LogP contribution in [0.1, 0.15) is 36.3 Å². The Morgan fingerprint density at radius 2 is 2.00 bits per heavy atom. The fourth-order valence-electron chi connectivity index (χ4n) is 2.09. The number of nitrogens with one attached hydrogen (secondary N) is 1. The van der Waals surface area contributed by atoms with Crippen molar-refractivity contribution in [2.75, 3.05) is 0 Å². The Labute approximate surface area is 115 Å². The molecule has 1 aromatic heterocycles. The second kappa shape index (κ2) is 6.39. The molecule has 2 rings (SSSR count). The Hall–Kier alpha value is -1.80. The van der Waals surface area contributed by atoms with Crippen LogP contribution >= 0.6 is 0 Å². The van der Waals surface area contributed by atoms with Crippen molar-refractivity contribution in [2.24, 2.45) is 0 Å². The molecule has 0 amide bonds. The molecular formula is C17H21NO. The minimum atomic E-state index is 0.281. The standard InChI is InChI=1S/C17H21NO/c1-13(2)11-17(15-8-6-14(3)7-9-15)18-12-16-5-4-10-19-16/h4-10,17-18H,1,11-12H2,2-3H3/t17-/m0/s1. The van der Waals surface area contributed by atoms with E-state index in [9.17, 15) is 0 Å². The van der Waals surface area contributed by atoms with Crippen LogP contribution in [0.25, 0.3) is 0 Å². The fourth-order valence-corrected chi connectivity index (χ4v) is 2.09. The summed E-state index contributed by atoms with van der Waals surface area (Å²) in [6.07, 6.45) is 2.64. The lowest BCUT2D eigenvalue weighted by atomic mass is 9.99. The number of aryl methyl sites for hydroxylation is 1. The highest BCUT2D eigenvalue weighted by Crippen LogP contribution is 2.21. The first-order valence-corrected chi connectivity index (χ1v) is 6.62. The molecule has 2 nitrogen and oxygen atoms in total. The molecule has 2 aromatic rings. The third-order valence-corrected chi connectivity index (χ3v) is 3.14.